The second-order valence-corrected chi connectivity index (χ2v) is 5.21. The van der Waals surface area contributed by atoms with Crippen LogP contribution in [0.25, 0.3) is 22.3 Å². The molecule has 0 spiro atoms. The number of benzene rings is 2. The first-order chi connectivity index (χ1) is 11.8. The van der Waals surface area contributed by atoms with Crippen molar-refractivity contribution in [3.05, 3.63) is 60.8 Å². The first-order valence-corrected chi connectivity index (χ1v) is 7.58. The summed E-state index contributed by atoms with van der Waals surface area (Å²) in [5.41, 5.74) is 3.99. The van der Waals surface area contributed by atoms with Gasteiger partial charge >= 0.3 is 0 Å². The average molecular weight is 321 g/mol. The molecule has 0 saturated heterocycles. The van der Waals surface area contributed by atoms with Crippen molar-refractivity contribution in [1.82, 2.24) is 4.98 Å². The molecule has 0 aliphatic heterocycles. The van der Waals surface area contributed by atoms with Gasteiger partial charge in [-0.05, 0) is 47.5 Å². The first kappa shape index (κ1) is 15.9. The molecule has 0 N–H and O–H groups in total. The molecule has 1 heterocycles. The molecule has 4 heteroatoms. The van der Waals surface area contributed by atoms with E-state index in [9.17, 15) is 0 Å². The van der Waals surface area contributed by atoms with Gasteiger partial charge in [-0.3, -0.25) is 0 Å². The highest BCUT2D eigenvalue weighted by Gasteiger charge is 2.11. The Bertz CT molecular complexity index is 846. The molecule has 0 fully saturated rings. The molecular weight excluding hydrogens is 302 g/mol. The number of aromatic nitrogens is 1. The fourth-order valence-corrected chi connectivity index (χ4v) is 2.67. The van der Waals surface area contributed by atoms with Crippen LogP contribution in [0.1, 0.15) is 0 Å². The van der Waals surface area contributed by atoms with Crippen molar-refractivity contribution in [1.29, 1.82) is 0 Å². The van der Waals surface area contributed by atoms with E-state index in [4.69, 9.17) is 14.2 Å². The third-order valence-corrected chi connectivity index (χ3v) is 3.86. The molecule has 4 nitrogen and oxygen atoms in total. The fraction of sp³-hybridized carbons (Fsp3) is 0.150. The number of ether oxygens (including phenoxy) is 3. The molecule has 0 amide bonds. The maximum absolute atomic E-state index is 5.50. The smallest absolute Gasteiger partial charge is 0.221 e. The molecule has 0 atom stereocenters. The Morgan fingerprint density at radius 2 is 1.50 bits per heavy atom. The van der Waals surface area contributed by atoms with Gasteiger partial charge in [-0.25, -0.2) is 4.98 Å². The Hall–Kier alpha value is -3.01. The molecule has 0 saturated carbocycles. The zero-order valence-corrected chi connectivity index (χ0v) is 13.9. The molecule has 0 unspecified atom stereocenters. The van der Waals surface area contributed by atoms with E-state index >= 15 is 0 Å². The number of rotatable bonds is 5. The SMILES string of the molecule is COc1ccc(OC)c(-c2cccc(-c3cccnc3OC)c2)c1. The number of pyridine rings is 1. The van der Waals surface area contributed by atoms with Gasteiger partial charge in [0, 0.05) is 17.3 Å². The number of hydrogen-bond donors (Lipinski definition) is 0. The number of nitrogens with zero attached hydrogens (tertiary/aromatic N) is 1. The lowest BCUT2D eigenvalue weighted by atomic mass is 9.99. The standard InChI is InChI=1S/C20H19NO3/c1-22-16-9-10-19(23-2)18(13-16)15-7-4-6-14(12-15)17-8-5-11-21-20(17)24-3/h4-13H,1-3H3. The normalized spacial score (nSPS) is 10.3. The topological polar surface area (TPSA) is 40.6 Å². The summed E-state index contributed by atoms with van der Waals surface area (Å²) in [6, 6.07) is 17.8. The summed E-state index contributed by atoms with van der Waals surface area (Å²) in [5.74, 6) is 2.19. The zero-order chi connectivity index (χ0) is 16.9. The highest BCUT2D eigenvalue weighted by Crippen LogP contribution is 2.36. The Morgan fingerprint density at radius 1 is 0.708 bits per heavy atom. The number of hydrogen-bond acceptors (Lipinski definition) is 4. The van der Waals surface area contributed by atoms with Crippen molar-refractivity contribution in [2.75, 3.05) is 21.3 Å². The predicted octanol–water partition coefficient (Wildman–Crippen LogP) is 4.44. The third kappa shape index (κ3) is 3.04. The molecule has 122 valence electrons. The van der Waals surface area contributed by atoms with Crippen molar-refractivity contribution in [3.8, 4) is 39.6 Å². The van der Waals surface area contributed by atoms with E-state index in [1.165, 1.54) is 0 Å². The molecule has 2 aromatic carbocycles. The quantitative estimate of drug-likeness (QED) is 0.696. The van der Waals surface area contributed by atoms with Crippen LogP contribution in [0, 0.1) is 0 Å². The van der Waals surface area contributed by atoms with Crippen LogP contribution in [0.15, 0.2) is 60.8 Å². The van der Waals surface area contributed by atoms with Crippen molar-refractivity contribution in [3.63, 3.8) is 0 Å². The molecule has 0 bridgehead atoms. The Morgan fingerprint density at radius 3 is 2.21 bits per heavy atom. The van der Waals surface area contributed by atoms with Crippen LogP contribution in [-0.4, -0.2) is 26.3 Å². The minimum absolute atomic E-state index is 0.604. The summed E-state index contributed by atoms with van der Waals surface area (Å²) >= 11 is 0. The lowest BCUT2D eigenvalue weighted by molar-refractivity contribution is 0.399. The van der Waals surface area contributed by atoms with Crippen LogP contribution in [0.4, 0.5) is 0 Å². The second-order valence-electron chi connectivity index (χ2n) is 5.21. The minimum atomic E-state index is 0.604. The second kappa shape index (κ2) is 7.04. The summed E-state index contributed by atoms with van der Waals surface area (Å²) in [6.45, 7) is 0. The van der Waals surface area contributed by atoms with Gasteiger partial charge in [-0.1, -0.05) is 18.2 Å². The van der Waals surface area contributed by atoms with Crippen molar-refractivity contribution >= 4 is 0 Å². The maximum Gasteiger partial charge on any atom is 0.221 e. The summed E-state index contributed by atoms with van der Waals surface area (Å²) in [6.07, 6.45) is 1.72. The van der Waals surface area contributed by atoms with E-state index in [-0.39, 0.29) is 0 Å². The van der Waals surface area contributed by atoms with Crippen LogP contribution >= 0.6 is 0 Å². The van der Waals surface area contributed by atoms with E-state index in [1.807, 2.05) is 48.5 Å². The lowest BCUT2D eigenvalue weighted by Gasteiger charge is -2.12. The summed E-state index contributed by atoms with van der Waals surface area (Å²) in [5, 5.41) is 0. The molecule has 0 radical (unpaired) electrons. The molecule has 0 aliphatic carbocycles. The number of methoxy groups -OCH3 is 3. The Balaban J connectivity index is 2.12. The van der Waals surface area contributed by atoms with Gasteiger partial charge in [0.2, 0.25) is 5.88 Å². The summed E-state index contributed by atoms with van der Waals surface area (Å²) in [7, 11) is 4.95. The van der Waals surface area contributed by atoms with Gasteiger partial charge in [0.05, 0.1) is 21.3 Å². The van der Waals surface area contributed by atoms with Crippen LogP contribution in [0.2, 0.25) is 0 Å². The van der Waals surface area contributed by atoms with Crippen LogP contribution in [-0.2, 0) is 0 Å². The van der Waals surface area contributed by atoms with Gasteiger partial charge < -0.3 is 14.2 Å². The Labute approximate surface area is 141 Å². The van der Waals surface area contributed by atoms with E-state index in [2.05, 4.69) is 11.1 Å². The molecule has 3 rings (SSSR count). The maximum atomic E-state index is 5.50. The molecule has 1 aromatic heterocycles. The van der Waals surface area contributed by atoms with Crippen molar-refractivity contribution in [2.45, 2.75) is 0 Å². The van der Waals surface area contributed by atoms with E-state index in [1.54, 1.807) is 27.5 Å². The van der Waals surface area contributed by atoms with Crippen LogP contribution in [0.5, 0.6) is 17.4 Å². The van der Waals surface area contributed by atoms with Gasteiger partial charge in [-0.2, -0.15) is 0 Å². The zero-order valence-electron chi connectivity index (χ0n) is 13.9. The summed E-state index contributed by atoms with van der Waals surface area (Å²) in [4.78, 5) is 4.27. The van der Waals surface area contributed by atoms with E-state index in [0.717, 1.165) is 33.8 Å². The van der Waals surface area contributed by atoms with Crippen LogP contribution < -0.4 is 14.2 Å². The largest absolute Gasteiger partial charge is 0.497 e. The first-order valence-electron chi connectivity index (χ1n) is 7.58. The highest BCUT2D eigenvalue weighted by molar-refractivity contribution is 5.78. The molecule has 0 aliphatic rings. The van der Waals surface area contributed by atoms with Gasteiger partial charge in [-0.15, -0.1) is 0 Å². The van der Waals surface area contributed by atoms with Gasteiger partial charge in [0.1, 0.15) is 11.5 Å². The molecule has 3 aromatic rings. The third-order valence-electron chi connectivity index (χ3n) is 3.86. The van der Waals surface area contributed by atoms with Crippen LogP contribution in [0.3, 0.4) is 0 Å². The molecular formula is C20H19NO3. The van der Waals surface area contributed by atoms with Crippen molar-refractivity contribution in [2.24, 2.45) is 0 Å². The lowest BCUT2D eigenvalue weighted by Crippen LogP contribution is -1.92. The monoisotopic (exact) mass is 321 g/mol. The van der Waals surface area contributed by atoms with Gasteiger partial charge in [0.25, 0.3) is 0 Å². The minimum Gasteiger partial charge on any atom is -0.497 e. The predicted molar refractivity (Wildman–Crippen MR) is 94.8 cm³/mol. The van der Waals surface area contributed by atoms with Gasteiger partial charge in [0.15, 0.2) is 0 Å². The fourth-order valence-electron chi connectivity index (χ4n) is 2.67. The van der Waals surface area contributed by atoms with Crippen molar-refractivity contribution < 1.29 is 14.2 Å². The summed E-state index contributed by atoms with van der Waals surface area (Å²) < 4.78 is 16.2. The average Bonchev–Trinajstić information content (AvgIpc) is 2.67. The Kier molecular flexibility index (Phi) is 4.66. The van der Waals surface area contributed by atoms with E-state index in [0.29, 0.717) is 5.88 Å². The molecule has 24 heavy (non-hydrogen) atoms. The van der Waals surface area contributed by atoms with E-state index < -0.39 is 0 Å². The highest BCUT2D eigenvalue weighted by atomic mass is 16.5.